The fraction of sp³-hybridized carbons (Fsp3) is 1.00. The average molecular weight is 722 g/mol. The predicted molar refractivity (Wildman–Crippen MR) is 179 cm³/mol. The molecule has 0 radical (unpaired) electrons. The molecule has 0 rings (SSSR count). The first-order chi connectivity index (χ1) is 24.4. The predicted octanol–water partition coefficient (Wildman–Crippen LogP) is -1.21. The molecule has 0 bridgehead atoms. The first kappa shape index (κ1) is 48.3. The zero-order valence-electron chi connectivity index (χ0n) is 29.7. The molecule has 0 aliphatic heterocycles. The van der Waals surface area contributed by atoms with Crippen LogP contribution in [0.3, 0.4) is 0 Å². The topological polar surface area (TPSA) is 182 Å². The van der Waals surface area contributed by atoms with Crippen LogP contribution in [0.25, 0.3) is 0 Å². The highest BCUT2D eigenvalue weighted by molar-refractivity contribution is 4.46. The smallest absolute Gasteiger partial charge is 0.0701 e. The van der Waals surface area contributed by atoms with Crippen molar-refractivity contribution >= 4 is 0 Å². The summed E-state index contributed by atoms with van der Waals surface area (Å²) in [4.78, 5) is 0. The van der Waals surface area contributed by atoms with Gasteiger partial charge in [0.1, 0.15) is 0 Å². The third-order valence-corrected chi connectivity index (χ3v) is 5.78. The molecule has 0 atom stereocenters. The Morgan fingerprint density at radius 1 is 0.204 bits per heavy atom. The Hall–Kier alpha value is -0.680. The van der Waals surface area contributed by atoms with Crippen molar-refractivity contribution in [2.24, 2.45) is 0 Å². The summed E-state index contributed by atoms with van der Waals surface area (Å²) in [6.07, 6.45) is 0. The maximum Gasteiger partial charge on any atom is 0.0701 e. The van der Waals surface area contributed by atoms with Crippen LogP contribution in [0.1, 0.15) is 0 Å². The highest BCUT2D eigenvalue weighted by Crippen LogP contribution is 1.87. The monoisotopic (exact) mass is 721 g/mol. The second-order valence-electron chi connectivity index (χ2n) is 9.77. The Morgan fingerprint density at radius 3 is 0.510 bits per heavy atom. The molecule has 0 saturated carbocycles. The van der Waals surface area contributed by atoms with Crippen LogP contribution in [0.4, 0.5) is 0 Å². The summed E-state index contributed by atoms with van der Waals surface area (Å²) >= 11 is 0. The number of nitrogens with one attached hydrogen (secondary N) is 1. The van der Waals surface area contributed by atoms with Gasteiger partial charge < -0.3 is 81.8 Å². The third kappa shape index (κ3) is 47.3. The number of hydrogen-bond acceptors (Lipinski definition) is 17. The van der Waals surface area contributed by atoms with Gasteiger partial charge in [0.2, 0.25) is 0 Å². The minimum atomic E-state index is 0.0236. The molecule has 0 amide bonds. The third-order valence-electron chi connectivity index (χ3n) is 5.78. The molecule has 296 valence electrons. The molecule has 17 heteroatoms. The normalized spacial score (nSPS) is 11.6. The summed E-state index contributed by atoms with van der Waals surface area (Å²) < 4.78 is 75.5. The lowest BCUT2D eigenvalue weighted by molar-refractivity contribution is -0.0217. The summed E-state index contributed by atoms with van der Waals surface area (Å²) in [5, 5.41) is 20.4. The molecule has 0 heterocycles. The zero-order valence-corrected chi connectivity index (χ0v) is 29.7. The number of hydrogen-bond donors (Lipinski definition) is 3. The molecule has 0 aromatic carbocycles. The van der Waals surface area contributed by atoms with Crippen LogP contribution in [0.5, 0.6) is 0 Å². The minimum absolute atomic E-state index is 0.0236. The highest BCUT2D eigenvalue weighted by atomic mass is 16.6. The average Bonchev–Trinajstić information content (AvgIpc) is 3.11. The van der Waals surface area contributed by atoms with E-state index in [0.29, 0.717) is 185 Å². The van der Waals surface area contributed by atoms with E-state index in [0.717, 1.165) is 13.1 Å². The van der Waals surface area contributed by atoms with Crippen molar-refractivity contribution < 1.29 is 76.5 Å². The van der Waals surface area contributed by atoms with Gasteiger partial charge in [-0.15, -0.1) is 0 Å². The molecule has 49 heavy (non-hydrogen) atoms. The van der Waals surface area contributed by atoms with Crippen LogP contribution >= 0.6 is 0 Å². The van der Waals surface area contributed by atoms with Crippen molar-refractivity contribution in [1.29, 1.82) is 0 Å². The Morgan fingerprint density at radius 2 is 0.347 bits per heavy atom. The van der Waals surface area contributed by atoms with Crippen molar-refractivity contribution in [3.63, 3.8) is 0 Å². The van der Waals surface area contributed by atoms with Gasteiger partial charge in [0.15, 0.2) is 0 Å². The summed E-state index contributed by atoms with van der Waals surface area (Å²) in [6, 6.07) is 0. The van der Waals surface area contributed by atoms with E-state index in [9.17, 15) is 0 Å². The van der Waals surface area contributed by atoms with Gasteiger partial charge >= 0.3 is 0 Å². The number of aliphatic hydroxyl groups is 2. The van der Waals surface area contributed by atoms with Gasteiger partial charge in [0.25, 0.3) is 0 Å². The van der Waals surface area contributed by atoms with Crippen LogP contribution in [0, 0.1) is 0 Å². The molecule has 0 aromatic heterocycles. The molecule has 0 spiro atoms. The van der Waals surface area contributed by atoms with E-state index in [1.807, 2.05) is 0 Å². The lowest BCUT2D eigenvalue weighted by atomic mass is 10.6. The first-order valence-electron chi connectivity index (χ1n) is 17.4. The molecule has 0 aliphatic rings. The van der Waals surface area contributed by atoms with Crippen LogP contribution < -0.4 is 5.32 Å². The van der Waals surface area contributed by atoms with Crippen LogP contribution in [0.15, 0.2) is 0 Å². The Labute approximate surface area is 293 Å². The van der Waals surface area contributed by atoms with Crippen LogP contribution in [-0.2, 0) is 66.3 Å². The minimum Gasteiger partial charge on any atom is -0.394 e. The lowest BCUT2D eigenvalue weighted by Gasteiger charge is -2.09. The van der Waals surface area contributed by atoms with E-state index in [1.165, 1.54) is 0 Å². The van der Waals surface area contributed by atoms with E-state index in [4.69, 9.17) is 76.5 Å². The Balaban J connectivity index is 3.04. The van der Waals surface area contributed by atoms with Gasteiger partial charge in [0.05, 0.1) is 198 Å². The summed E-state index contributed by atoms with van der Waals surface area (Å²) in [5.41, 5.74) is 0. The Kier molecular flexibility index (Phi) is 46.7. The standard InChI is InChI=1S/C32H67NO16/c34-3-7-38-11-15-42-19-23-46-27-31-48-29-25-44-21-17-40-13-9-36-5-1-33-2-6-37-10-14-41-18-22-45-26-30-49-32-28-47-24-20-43-16-12-39-8-4-35/h33-35H,1-32H2. The molecule has 17 nitrogen and oxygen atoms in total. The molecular formula is C32H67NO16. The van der Waals surface area contributed by atoms with Gasteiger partial charge in [-0.1, -0.05) is 0 Å². The largest absolute Gasteiger partial charge is 0.394 e. The van der Waals surface area contributed by atoms with Crippen molar-refractivity contribution in [3.05, 3.63) is 0 Å². The van der Waals surface area contributed by atoms with Gasteiger partial charge in [-0.05, 0) is 0 Å². The summed E-state index contributed by atoms with van der Waals surface area (Å²) in [6.45, 7) is 15.6. The maximum absolute atomic E-state index is 8.58. The number of aliphatic hydroxyl groups excluding tert-OH is 2. The molecule has 0 aromatic rings. The zero-order chi connectivity index (χ0) is 35.2. The Bertz CT molecular complexity index is 527. The number of ether oxygens (including phenoxy) is 14. The first-order valence-corrected chi connectivity index (χ1v) is 17.4. The van der Waals surface area contributed by atoms with E-state index in [-0.39, 0.29) is 13.2 Å². The lowest BCUT2D eigenvalue weighted by Crippen LogP contribution is -2.25. The molecule has 0 unspecified atom stereocenters. The van der Waals surface area contributed by atoms with Gasteiger partial charge in [0, 0.05) is 13.1 Å². The summed E-state index contributed by atoms with van der Waals surface area (Å²) in [5.74, 6) is 0. The molecule has 0 aliphatic carbocycles. The fourth-order valence-electron chi connectivity index (χ4n) is 3.39. The van der Waals surface area contributed by atoms with Crippen molar-refractivity contribution in [2.45, 2.75) is 0 Å². The molecule has 0 saturated heterocycles. The molecule has 3 N–H and O–H groups in total. The van der Waals surface area contributed by atoms with E-state index in [1.54, 1.807) is 0 Å². The van der Waals surface area contributed by atoms with Crippen molar-refractivity contribution in [3.8, 4) is 0 Å². The molecule has 0 fully saturated rings. The van der Waals surface area contributed by atoms with Crippen LogP contribution in [-0.4, -0.2) is 222 Å². The maximum atomic E-state index is 8.58. The second-order valence-corrected chi connectivity index (χ2v) is 9.77. The number of rotatable bonds is 46. The van der Waals surface area contributed by atoms with Crippen LogP contribution in [0.2, 0.25) is 0 Å². The van der Waals surface area contributed by atoms with Crippen molar-refractivity contribution in [2.75, 3.05) is 211 Å². The van der Waals surface area contributed by atoms with Gasteiger partial charge in [-0.3, -0.25) is 0 Å². The van der Waals surface area contributed by atoms with Gasteiger partial charge in [-0.25, -0.2) is 0 Å². The van der Waals surface area contributed by atoms with Gasteiger partial charge in [-0.2, -0.15) is 0 Å². The fourth-order valence-corrected chi connectivity index (χ4v) is 3.39. The SMILES string of the molecule is OCCOCCOCCOCCOCCOCCOCCOCCNCCOCCOCCOCCOCCOCCOCCOCCO. The van der Waals surface area contributed by atoms with E-state index < -0.39 is 0 Å². The summed E-state index contributed by atoms with van der Waals surface area (Å²) in [7, 11) is 0. The van der Waals surface area contributed by atoms with E-state index >= 15 is 0 Å². The van der Waals surface area contributed by atoms with Crippen molar-refractivity contribution in [1.82, 2.24) is 5.32 Å². The molecular weight excluding hydrogens is 654 g/mol. The second kappa shape index (κ2) is 47.3. The quantitative estimate of drug-likeness (QED) is 0.0637. The highest BCUT2D eigenvalue weighted by Gasteiger charge is 1.97. The van der Waals surface area contributed by atoms with E-state index in [2.05, 4.69) is 5.32 Å².